The van der Waals surface area contributed by atoms with Crippen LogP contribution in [0.1, 0.15) is 60.2 Å². The summed E-state index contributed by atoms with van der Waals surface area (Å²) >= 11 is 2.24. The molecule has 0 radical (unpaired) electrons. The molecule has 2 aromatic rings. The number of thioether (sulfide) groups is 1. The first-order valence-corrected chi connectivity index (χ1v) is 11.1. The van der Waals surface area contributed by atoms with Gasteiger partial charge in [-0.3, -0.25) is 0 Å². The first-order chi connectivity index (χ1) is 12.6. The van der Waals surface area contributed by atoms with E-state index in [1.807, 2.05) is 0 Å². The van der Waals surface area contributed by atoms with E-state index in [2.05, 4.69) is 86.8 Å². The number of rotatable bonds is 3. The zero-order chi connectivity index (χ0) is 18.3. The van der Waals surface area contributed by atoms with Crippen molar-refractivity contribution in [1.29, 1.82) is 0 Å². The Labute approximate surface area is 163 Å². The molecule has 1 nitrogen and oxygen atoms in total. The predicted molar refractivity (Wildman–Crippen MR) is 115 cm³/mol. The largest absolute Gasteiger partial charge is 0.351 e. The molecule has 2 aliphatic rings. The van der Waals surface area contributed by atoms with Gasteiger partial charge in [0, 0.05) is 17.0 Å². The lowest BCUT2D eigenvalue weighted by molar-refractivity contribution is 0.471. The lowest BCUT2D eigenvalue weighted by atomic mass is 9.95. The third-order valence-electron chi connectivity index (χ3n) is 6.50. The van der Waals surface area contributed by atoms with Crippen molar-refractivity contribution in [3.8, 4) is 0 Å². The van der Waals surface area contributed by atoms with Crippen LogP contribution in [0.25, 0.3) is 0 Å². The minimum atomic E-state index is 0.429. The molecule has 0 aromatic heterocycles. The monoisotopic (exact) mass is 365 g/mol. The zero-order valence-electron chi connectivity index (χ0n) is 16.5. The molecule has 0 spiro atoms. The SMILES string of the molecule is Cc1ccccc1N1C(c2c(C)cccc2C)SC(C2CCCC2)[C@@H]1C. The van der Waals surface area contributed by atoms with Gasteiger partial charge in [-0.05, 0) is 74.8 Å². The minimum Gasteiger partial charge on any atom is -0.351 e. The summed E-state index contributed by atoms with van der Waals surface area (Å²) in [5, 5.41) is 1.17. The van der Waals surface area contributed by atoms with Crippen LogP contribution in [0.4, 0.5) is 5.69 Å². The lowest BCUT2D eigenvalue weighted by Crippen LogP contribution is -2.36. The molecule has 0 N–H and O–H groups in total. The van der Waals surface area contributed by atoms with Gasteiger partial charge in [0.05, 0.1) is 0 Å². The maximum Gasteiger partial charge on any atom is 0.102 e. The van der Waals surface area contributed by atoms with Crippen molar-refractivity contribution in [3.05, 3.63) is 64.7 Å². The fraction of sp³-hybridized carbons (Fsp3) is 0.500. The van der Waals surface area contributed by atoms with E-state index in [0.717, 1.165) is 11.2 Å². The van der Waals surface area contributed by atoms with Crippen LogP contribution in [0.3, 0.4) is 0 Å². The summed E-state index contributed by atoms with van der Waals surface area (Å²) in [6, 6.07) is 16.3. The Hall–Kier alpha value is -1.41. The smallest absolute Gasteiger partial charge is 0.102 e. The van der Waals surface area contributed by atoms with E-state index < -0.39 is 0 Å². The number of anilines is 1. The maximum absolute atomic E-state index is 2.73. The number of benzene rings is 2. The van der Waals surface area contributed by atoms with Gasteiger partial charge in [0.25, 0.3) is 0 Å². The molecule has 138 valence electrons. The predicted octanol–water partition coefficient (Wildman–Crippen LogP) is 6.81. The fourth-order valence-electron chi connectivity index (χ4n) is 5.11. The van der Waals surface area contributed by atoms with Gasteiger partial charge in [-0.25, -0.2) is 0 Å². The van der Waals surface area contributed by atoms with Crippen LogP contribution in [-0.4, -0.2) is 11.3 Å². The second kappa shape index (κ2) is 7.31. The standard InChI is InChI=1S/C24H31NS/c1-16-10-5-8-15-21(16)25-19(4)23(20-13-6-7-14-20)26-24(25)22-17(2)11-9-12-18(22)3/h5,8-12,15,19-20,23-24H,6-7,13-14H2,1-4H3/t19-,23?,24?/m0/s1. The molecule has 1 aliphatic heterocycles. The van der Waals surface area contributed by atoms with Gasteiger partial charge in [0.2, 0.25) is 0 Å². The van der Waals surface area contributed by atoms with Crippen LogP contribution < -0.4 is 4.90 Å². The quantitative estimate of drug-likeness (QED) is 0.587. The van der Waals surface area contributed by atoms with Crippen molar-refractivity contribution in [1.82, 2.24) is 0 Å². The zero-order valence-corrected chi connectivity index (χ0v) is 17.4. The summed E-state index contributed by atoms with van der Waals surface area (Å²) in [7, 11) is 0. The Balaban J connectivity index is 1.80. The fourth-order valence-corrected chi connectivity index (χ4v) is 7.21. The molecule has 2 heteroatoms. The van der Waals surface area contributed by atoms with Gasteiger partial charge in [-0.2, -0.15) is 0 Å². The van der Waals surface area contributed by atoms with E-state index in [-0.39, 0.29) is 0 Å². The number of para-hydroxylation sites is 1. The summed E-state index contributed by atoms with van der Waals surface area (Å²) in [6.07, 6.45) is 5.69. The van der Waals surface area contributed by atoms with Crippen molar-refractivity contribution in [3.63, 3.8) is 0 Å². The van der Waals surface area contributed by atoms with E-state index >= 15 is 0 Å². The van der Waals surface area contributed by atoms with Gasteiger partial charge < -0.3 is 4.90 Å². The molecule has 2 fully saturated rings. The van der Waals surface area contributed by atoms with Gasteiger partial charge in [0.15, 0.2) is 0 Å². The van der Waals surface area contributed by atoms with Crippen LogP contribution in [0.15, 0.2) is 42.5 Å². The molecule has 1 saturated heterocycles. The molecule has 1 aliphatic carbocycles. The second-order valence-corrected chi connectivity index (χ2v) is 9.50. The van der Waals surface area contributed by atoms with Crippen LogP contribution >= 0.6 is 11.8 Å². The molecule has 1 heterocycles. The summed E-state index contributed by atoms with van der Waals surface area (Å²) in [5.41, 5.74) is 7.21. The van der Waals surface area contributed by atoms with Crippen molar-refractivity contribution >= 4 is 17.4 Å². The molecule has 0 bridgehead atoms. The molecule has 2 aromatic carbocycles. The van der Waals surface area contributed by atoms with Gasteiger partial charge >= 0.3 is 0 Å². The van der Waals surface area contributed by atoms with Crippen LogP contribution in [0.5, 0.6) is 0 Å². The first-order valence-electron chi connectivity index (χ1n) is 10.1. The summed E-state index contributed by atoms with van der Waals surface area (Å²) in [4.78, 5) is 2.73. The normalized spacial score (nSPS) is 26.6. The van der Waals surface area contributed by atoms with Crippen LogP contribution in [-0.2, 0) is 0 Å². The van der Waals surface area contributed by atoms with Gasteiger partial charge in [-0.15, -0.1) is 11.8 Å². The van der Waals surface area contributed by atoms with Crippen molar-refractivity contribution in [2.75, 3.05) is 4.90 Å². The average Bonchev–Trinajstić information content (AvgIpc) is 3.24. The first kappa shape index (κ1) is 18.0. The van der Waals surface area contributed by atoms with Gasteiger partial charge in [0.1, 0.15) is 5.37 Å². The van der Waals surface area contributed by atoms with Crippen LogP contribution in [0.2, 0.25) is 0 Å². The van der Waals surface area contributed by atoms with Gasteiger partial charge in [-0.1, -0.05) is 49.2 Å². The van der Waals surface area contributed by atoms with Crippen molar-refractivity contribution < 1.29 is 0 Å². The van der Waals surface area contributed by atoms with E-state index in [1.54, 1.807) is 0 Å². The van der Waals surface area contributed by atoms with Crippen molar-refractivity contribution in [2.24, 2.45) is 5.92 Å². The van der Waals surface area contributed by atoms with E-state index in [1.165, 1.54) is 53.6 Å². The Morgan fingerprint density at radius 3 is 2.12 bits per heavy atom. The highest BCUT2D eigenvalue weighted by Crippen LogP contribution is 2.54. The second-order valence-electron chi connectivity index (χ2n) is 8.24. The maximum atomic E-state index is 2.73. The summed E-state index contributed by atoms with van der Waals surface area (Å²) < 4.78 is 0. The molecule has 4 rings (SSSR count). The number of hydrogen-bond acceptors (Lipinski definition) is 2. The topological polar surface area (TPSA) is 3.24 Å². The number of aryl methyl sites for hydroxylation is 3. The molecule has 3 atom stereocenters. The molecule has 2 unspecified atom stereocenters. The molecule has 26 heavy (non-hydrogen) atoms. The molecular formula is C24H31NS. The average molecular weight is 366 g/mol. The van der Waals surface area contributed by atoms with E-state index in [9.17, 15) is 0 Å². The summed E-state index contributed by atoms with van der Waals surface area (Å²) in [5.74, 6) is 0.885. The Kier molecular flexibility index (Phi) is 5.05. The summed E-state index contributed by atoms with van der Waals surface area (Å²) in [6.45, 7) is 9.30. The highest BCUT2D eigenvalue weighted by atomic mass is 32.2. The van der Waals surface area contributed by atoms with Crippen molar-refractivity contribution in [2.45, 2.75) is 70.0 Å². The Bertz CT molecular complexity index is 757. The number of hydrogen-bond donors (Lipinski definition) is 0. The van der Waals surface area contributed by atoms with E-state index in [4.69, 9.17) is 0 Å². The highest BCUT2D eigenvalue weighted by Gasteiger charge is 2.45. The van der Waals surface area contributed by atoms with Crippen LogP contribution in [0, 0.1) is 26.7 Å². The lowest BCUT2D eigenvalue weighted by Gasteiger charge is -2.34. The molecular weight excluding hydrogens is 334 g/mol. The third kappa shape index (κ3) is 3.07. The molecule has 0 amide bonds. The minimum absolute atomic E-state index is 0.429. The highest BCUT2D eigenvalue weighted by molar-refractivity contribution is 8.00. The molecule has 1 saturated carbocycles. The Morgan fingerprint density at radius 2 is 1.46 bits per heavy atom. The Morgan fingerprint density at radius 1 is 0.846 bits per heavy atom. The van der Waals surface area contributed by atoms with E-state index in [0.29, 0.717) is 11.4 Å². The third-order valence-corrected chi connectivity index (χ3v) is 8.31. The number of nitrogens with zero attached hydrogens (tertiary/aromatic N) is 1.